The van der Waals surface area contributed by atoms with E-state index in [1.807, 2.05) is 23.6 Å². The summed E-state index contributed by atoms with van der Waals surface area (Å²) >= 11 is 3.56. The fourth-order valence-electron chi connectivity index (χ4n) is 2.27. The van der Waals surface area contributed by atoms with Crippen LogP contribution in [0.2, 0.25) is 0 Å². The summed E-state index contributed by atoms with van der Waals surface area (Å²) in [4.78, 5) is 14.3. The molecule has 1 aromatic heterocycles. The highest BCUT2D eigenvalue weighted by Crippen LogP contribution is 2.29. The maximum Gasteiger partial charge on any atom is 0.241 e. The smallest absolute Gasteiger partial charge is 0.241 e. The van der Waals surface area contributed by atoms with Gasteiger partial charge in [-0.05, 0) is 42.0 Å². The molecule has 1 fully saturated rings. The van der Waals surface area contributed by atoms with Crippen LogP contribution >= 0.6 is 23.1 Å². The van der Waals surface area contributed by atoms with Crippen LogP contribution in [-0.4, -0.2) is 34.4 Å². The molecule has 0 saturated carbocycles. The van der Waals surface area contributed by atoms with E-state index in [0.717, 1.165) is 11.5 Å². The van der Waals surface area contributed by atoms with Crippen LogP contribution in [0.25, 0.3) is 0 Å². The molecule has 100 valence electrons. The summed E-state index contributed by atoms with van der Waals surface area (Å²) in [5.74, 6) is 2.31. The Bertz CT molecular complexity index is 394. The minimum absolute atomic E-state index is 0.0474. The van der Waals surface area contributed by atoms with Crippen molar-refractivity contribution in [2.24, 2.45) is 0 Å². The molecule has 1 saturated heterocycles. The summed E-state index contributed by atoms with van der Waals surface area (Å²) in [6, 6.07) is 2.29. The molecule has 1 aliphatic heterocycles. The maximum atomic E-state index is 12.3. The van der Waals surface area contributed by atoms with E-state index in [9.17, 15) is 4.79 Å². The molecule has 1 N–H and O–H groups in total. The van der Waals surface area contributed by atoms with Crippen LogP contribution in [0.4, 0.5) is 0 Å². The molecular formula is C13H20N2OS2. The first kappa shape index (κ1) is 13.9. The van der Waals surface area contributed by atoms with Crippen molar-refractivity contribution in [2.75, 3.05) is 11.5 Å². The first-order chi connectivity index (χ1) is 8.65. The van der Waals surface area contributed by atoms with Gasteiger partial charge in [-0.3, -0.25) is 10.1 Å². The quantitative estimate of drug-likeness (QED) is 0.902. The summed E-state index contributed by atoms with van der Waals surface area (Å²) in [6.45, 7) is 6.24. The standard InChI is InChI=1S/C13H20N2OS2/c1-4-17-7-9(2)15-12(11-5-6-18-8-11)14-10(3)13(15)16/h5-6,8-10,12,14H,4,7H2,1-3H3. The second-order valence-electron chi connectivity index (χ2n) is 4.60. The van der Waals surface area contributed by atoms with E-state index in [4.69, 9.17) is 0 Å². The van der Waals surface area contributed by atoms with E-state index < -0.39 is 0 Å². The summed E-state index contributed by atoms with van der Waals surface area (Å²) < 4.78 is 0. The van der Waals surface area contributed by atoms with Crippen LogP contribution in [0.1, 0.15) is 32.5 Å². The third-order valence-corrected chi connectivity index (χ3v) is 5.04. The molecule has 3 nitrogen and oxygen atoms in total. The Morgan fingerprint density at radius 1 is 1.61 bits per heavy atom. The van der Waals surface area contributed by atoms with Gasteiger partial charge >= 0.3 is 0 Å². The van der Waals surface area contributed by atoms with Gasteiger partial charge in [0.1, 0.15) is 6.17 Å². The number of nitrogens with zero attached hydrogens (tertiary/aromatic N) is 1. The highest BCUT2D eigenvalue weighted by atomic mass is 32.2. The van der Waals surface area contributed by atoms with E-state index in [-0.39, 0.29) is 24.2 Å². The molecule has 1 amide bonds. The van der Waals surface area contributed by atoms with Crippen LogP contribution < -0.4 is 5.32 Å². The van der Waals surface area contributed by atoms with Gasteiger partial charge < -0.3 is 4.90 Å². The van der Waals surface area contributed by atoms with Gasteiger partial charge in [-0.2, -0.15) is 23.1 Å². The molecule has 0 bridgehead atoms. The van der Waals surface area contributed by atoms with Crippen molar-refractivity contribution in [3.05, 3.63) is 22.4 Å². The monoisotopic (exact) mass is 284 g/mol. The molecule has 3 unspecified atom stereocenters. The second-order valence-corrected chi connectivity index (χ2v) is 6.70. The fraction of sp³-hybridized carbons (Fsp3) is 0.615. The number of carbonyl (C=O) groups excluding carboxylic acids is 1. The van der Waals surface area contributed by atoms with Gasteiger partial charge in [0.2, 0.25) is 5.91 Å². The van der Waals surface area contributed by atoms with Crippen molar-refractivity contribution >= 4 is 29.0 Å². The third kappa shape index (κ3) is 2.73. The first-order valence-corrected chi connectivity index (χ1v) is 8.43. The van der Waals surface area contributed by atoms with Crippen molar-refractivity contribution in [1.82, 2.24) is 10.2 Å². The zero-order valence-electron chi connectivity index (χ0n) is 11.1. The molecule has 1 aromatic rings. The lowest BCUT2D eigenvalue weighted by atomic mass is 10.2. The topological polar surface area (TPSA) is 32.3 Å². The minimum atomic E-state index is -0.0797. The number of carbonyl (C=O) groups is 1. The zero-order chi connectivity index (χ0) is 13.1. The largest absolute Gasteiger partial charge is 0.318 e. The molecule has 0 aromatic carbocycles. The van der Waals surface area contributed by atoms with E-state index in [0.29, 0.717) is 0 Å². The van der Waals surface area contributed by atoms with Crippen molar-refractivity contribution < 1.29 is 4.79 Å². The van der Waals surface area contributed by atoms with Crippen LogP contribution in [0.5, 0.6) is 0 Å². The fourth-order valence-corrected chi connectivity index (χ4v) is 3.68. The lowest BCUT2D eigenvalue weighted by Gasteiger charge is -2.30. The highest BCUT2D eigenvalue weighted by Gasteiger charge is 2.39. The van der Waals surface area contributed by atoms with Crippen molar-refractivity contribution in [3.8, 4) is 0 Å². The summed E-state index contributed by atoms with van der Waals surface area (Å²) in [6.07, 6.45) is 0.0474. The molecule has 0 aliphatic carbocycles. The Kier molecular flexibility index (Phi) is 4.70. The number of nitrogens with one attached hydrogen (secondary N) is 1. The van der Waals surface area contributed by atoms with Gasteiger partial charge in [0, 0.05) is 11.8 Å². The molecular weight excluding hydrogens is 264 g/mol. The normalized spacial score (nSPS) is 25.7. The number of amides is 1. The van der Waals surface area contributed by atoms with Crippen LogP contribution in [-0.2, 0) is 4.79 Å². The van der Waals surface area contributed by atoms with Gasteiger partial charge in [-0.15, -0.1) is 0 Å². The Hall–Kier alpha value is -0.520. The molecule has 2 rings (SSSR count). The zero-order valence-corrected chi connectivity index (χ0v) is 12.7. The molecule has 0 radical (unpaired) electrons. The van der Waals surface area contributed by atoms with Gasteiger partial charge in [-0.1, -0.05) is 6.92 Å². The van der Waals surface area contributed by atoms with Gasteiger partial charge in [0.15, 0.2) is 0 Å². The number of hydrogen-bond acceptors (Lipinski definition) is 4. The van der Waals surface area contributed by atoms with Crippen LogP contribution in [0.3, 0.4) is 0 Å². The maximum absolute atomic E-state index is 12.3. The Morgan fingerprint density at radius 3 is 3.00 bits per heavy atom. The molecule has 2 heterocycles. The van der Waals surface area contributed by atoms with Crippen molar-refractivity contribution in [2.45, 2.75) is 39.0 Å². The first-order valence-electron chi connectivity index (χ1n) is 6.33. The minimum Gasteiger partial charge on any atom is -0.318 e. The van der Waals surface area contributed by atoms with E-state index >= 15 is 0 Å². The Morgan fingerprint density at radius 2 is 2.39 bits per heavy atom. The molecule has 3 atom stereocenters. The average molecular weight is 284 g/mol. The van der Waals surface area contributed by atoms with E-state index in [2.05, 4.69) is 36.0 Å². The molecule has 0 spiro atoms. The van der Waals surface area contributed by atoms with Crippen LogP contribution in [0, 0.1) is 0 Å². The average Bonchev–Trinajstić information content (AvgIpc) is 2.96. The molecule has 5 heteroatoms. The summed E-state index contributed by atoms with van der Waals surface area (Å²) in [7, 11) is 0. The van der Waals surface area contributed by atoms with Gasteiger partial charge in [0.25, 0.3) is 0 Å². The number of thioether (sulfide) groups is 1. The molecule has 18 heavy (non-hydrogen) atoms. The van der Waals surface area contributed by atoms with Gasteiger partial charge in [0.05, 0.1) is 6.04 Å². The summed E-state index contributed by atoms with van der Waals surface area (Å²) in [5, 5.41) is 7.57. The number of hydrogen-bond donors (Lipinski definition) is 1. The Labute approximate surface area is 117 Å². The lowest BCUT2D eigenvalue weighted by Crippen LogP contribution is -2.39. The summed E-state index contributed by atoms with van der Waals surface area (Å²) in [5.41, 5.74) is 1.20. The lowest BCUT2D eigenvalue weighted by molar-refractivity contribution is -0.131. The molecule has 1 aliphatic rings. The van der Waals surface area contributed by atoms with Crippen molar-refractivity contribution in [1.29, 1.82) is 0 Å². The number of rotatable bonds is 5. The van der Waals surface area contributed by atoms with Crippen molar-refractivity contribution in [3.63, 3.8) is 0 Å². The highest BCUT2D eigenvalue weighted by molar-refractivity contribution is 7.99. The van der Waals surface area contributed by atoms with E-state index in [1.165, 1.54) is 5.56 Å². The van der Waals surface area contributed by atoms with E-state index in [1.54, 1.807) is 11.3 Å². The SMILES string of the molecule is CCSCC(C)N1C(=O)C(C)NC1c1ccsc1. The van der Waals surface area contributed by atoms with Gasteiger partial charge in [-0.25, -0.2) is 0 Å². The van der Waals surface area contributed by atoms with Crippen LogP contribution in [0.15, 0.2) is 16.8 Å². The number of thiophene rings is 1. The Balaban J connectivity index is 2.15. The third-order valence-electron chi connectivity index (χ3n) is 3.21. The predicted octanol–water partition coefficient (Wildman–Crippen LogP) is 2.71. The predicted molar refractivity (Wildman–Crippen MR) is 79.0 cm³/mol. The second kappa shape index (κ2) is 6.08.